The van der Waals surface area contributed by atoms with Crippen LogP contribution in [0.4, 0.5) is 13.2 Å². The monoisotopic (exact) mass is 378 g/mol. The van der Waals surface area contributed by atoms with Crippen LogP contribution in [0.1, 0.15) is 12.8 Å². The number of ether oxygens (including phenoxy) is 2. The molecule has 5 nitrogen and oxygen atoms in total. The van der Waals surface area contributed by atoms with Gasteiger partial charge in [0.1, 0.15) is 12.4 Å². The number of fused-ring (bicyclic) bond motifs is 1. The minimum Gasteiger partial charge on any atom is -0.473 e. The SMILES string of the molecule is FC(F)(F)Oc1ccc(-c2ccc3onc(OCC4CCCN4)c3c2)cc1. The van der Waals surface area contributed by atoms with E-state index in [0.717, 1.165) is 35.9 Å². The summed E-state index contributed by atoms with van der Waals surface area (Å²) in [6, 6.07) is 11.4. The quantitative estimate of drug-likeness (QED) is 0.707. The van der Waals surface area contributed by atoms with Gasteiger partial charge in [-0.1, -0.05) is 18.2 Å². The summed E-state index contributed by atoms with van der Waals surface area (Å²) >= 11 is 0. The average Bonchev–Trinajstić information content (AvgIpc) is 3.28. The van der Waals surface area contributed by atoms with E-state index in [9.17, 15) is 13.2 Å². The standard InChI is InChI=1S/C19H17F3N2O3/c20-19(21,22)26-15-6-3-12(4-7-15)13-5-8-17-16(10-13)18(24-27-17)25-11-14-2-1-9-23-14/h3-8,10,14,23H,1-2,9,11H2. The maximum Gasteiger partial charge on any atom is 0.573 e. The van der Waals surface area contributed by atoms with E-state index in [-0.39, 0.29) is 5.75 Å². The zero-order chi connectivity index (χ0) is 18.9. The first kappa shape index (κ1) is 17.7. The molecule has 0 bridgehead atoms. The largest absolute Gasteiger partial charge is 0.573 e. The highest BCUT2D eigenvalue weighted by molar-refractivity contribution is 5.87. The van der Waals surface area contributed by atoms with Gasteiger partial charge in [0.2, 0.25) is 0 Å². The fourth-order valence-corrected chi connectivity index (χ4v) is 3.13. The summed E-state index contributed by atoms with van der Waals surface area (Å²) in [4.78, 5) is 0. The van der Waals surface area contributed by atoms with Crippen molar-refractivity contribution in [3.8, 4) is 22.8 Å². The fourth-order valence-electron chi connectivity index (χ4n) is 3.13. The zero-order valence-corrected chi connectivity index (χ0v) is 14.3. The van der Waals surface area contributed by atoms with Gasteiger partial charge in [0.05, 0.1) is 5.39 Å². The highest BCUT2D eigenvalue weighted by atomic mass is 19.4. The lowest BCUT2D eigenvalue weighted by Crippen LogP contribution is -2.28. The van der Waals surface area contributed by atoms with Gasteiger partial charge < -0.3 is 19.3 Å². The lowest BCUT2D eigenvalue weighted by atomic mass is 10.0. The number of aromatic nitrogens is 1. The summed E-state index contributed by atoms with van der Waals surface area (Å²) < 4.78 is 51.8. The lowest BCUT2D eigenvalue weighted by Gasteiger charge is -2.10. The van der Waals surface area contributed by atoms with Crippen molar-refractivity contribution in [1.29, 1.82) is 0 Å². The molecule has 1 aliphatic rings. The van der Waals surface area contributed by atoms with Crippen LogP contribution in [0.25, 0.3) is 22.1 Å². The van der Waals surface area contributed by atoms with Crippen molar-refractivity contribution in [2.75, 3.05) is 13.2 Å². The molecule has 1 aromatic heterocycles. The summed E-state index contributed by atoms with van der Waals surface area (Å²) in [7, 11) is 0. The molecule has 1 aliphatic heterocycles. The van der Waals surface area contributed by atoms with Crippen molar-refractivity contribution in [2.45, 2.75) is 25.2 Å². The molecule has 1 N–H and O–H groups in total. The third-order valence-electron chi connectivity index (χ3n) is 4.44. The maximum absolute atomic E-state index is 12.3. The topological polar surface area (TPSA) is 56.5 Å². The first-order valence-corrected chi connectivity index (χ1v) is 8.60. The predicted molar refractivity (Wildman–Crippen MR) is 92.6 cm³/mol. The second-order valence-electron chi connectivity index (χ2n) is 6.38. The molecule has 8 heteroatoms. The molecule has 0 aliphatic carbocycles. The Labute approximate surface area is 153 Å². The second-order valence-corrected chi connectivity index (χ2v) is 6.38. The minimum absolute atomic E-state index is 0.259. The van der Waals surface area contributed by atoms with Crippen molar-refractivity contribution in [1.82, 2.24) is 10.5 Å². The highest BCUT2D eigenvalue weighted by Crippen LogP contribution is 2.32. The first-order chi connectivity index (χ1) is 13.0. The Morgan fingerprint density at radius 3 is 2.59 bits per heavy atom. The van der Waals surface area contributed by atoms with E-state index in [0.29, 0.717) is 24.1 Å². The molecule has 1 saturated heterocycles. The third kappa shape index (κ3) is 4.16. The van der Waals surface area contributed by atoms with Crippen LogP contribution in [0.5, 0.6) is 11.6 Å². The lowest BCUT2D eigenvalue weighted by molar-refractivity contribution is -0.274. The van der Waals surface area contributed by atoms with Gasteiger partial charge in [-0.15, -0.1) is 13.2 Å². The van der Waals surface area contributed by atoms with Crippen molar-refractivity contribution in [3.63, 3.8) is 0 Å². The molecule has 0 spiro atoms. The summed E-state index contributed by atoms with van der Waals surface area (Å²) in [5, 5.41) is 8.05. The molecular weight excluding hydrogens is 361 g/mol. The van der Waals surface area contributed by atoms with Crippen LogP contribution in [-0.2, 0) is 0 Å². The Balaban J connectivity index is 1.54. The molecule has 1 atom stereocenters. The van der Waals surface area contributed by atoms with E-state index in [4.69, 9.17) is 9.26 Å². The van der Waals surface area contributed by atoms with Gasteiger partial charge >= 0.3 is 6.36 Å². The van der Waals surface area contributed by atoms with Crippen LogP contribution in [0.15, 0.2) is 47.0 Å². The molecule has 1 fully saturated rings. The van der Waals surface area contributed by atoms with Gasteiger partial charge in [-0.25, -0.2) is 0 Å². The number of hydrogen-bond donors (Lipinski definition) is 1. The van der Waals surface area contributed by atoms with Gasteiger partial charge in [-0.05, 0) is 59.9 Å². The Kier molecular flexibility index (Phi) is 4.65. The van der Waals surface area contributed by atoms with Gasteiger partial charge in [0.25, 0.3) is 5.88 Å². The maximum atomic E-state index is 12.3. The van der Waals surface area contributed by atoms with Crippen LogP contribution >= 0.6 is 0 Å². The van der Waals surface area contributed by atoms with Crippen LogP contribution in [-0.4, -0.2) is 30.7 Å². The van der Waals surface area contributed by atoms with Gasteiger partial charge in [-0.3, -0.25) is 0 Å². The molecule has 0 saturated carbocycles. The van der Waals surface area contributed by atoms with E-state index in [1.807, 2.05) is 12.1 Å². The molecule has 0 radical (unpaired) electrons. The number of nitrogens with zero attached hydrogens (tertiary/aromatic N) is 1. The van der Waals surface area contributed by atoms with Crippen molar-refractivity contribution < 1.29 is 27.2 Å². The molecule has 1 unspecified atom stereocenters. The number of alkyl halides is 3. The van der Waals surface area contributed by atoms with Crippen LogP contribution < -0.4 is 14.8 Å². The highest BCUT2D eigenvalue weighted by Gasteiger charge is 2.31. The number of rotatable bonds is 5. The Bertz CT molecular complexity index is 916. The molecule has 2 aromatic carbocycles. The summed E-state index contributed by atoms with van der Waals surface area (Å²) in [6.07, 6.45) is -2.51. The second kappa shape index (κ2) is 7.11. The van der Waals surface area contributed by atoms with Crippen molar-refractivity contribution >= 4 is 11.0 Å². The van der Waals surface area contributed by atoms with Gasteiger partial charge in [-0.2, -0.15) is 0 Å². The van der Waals surface area contributed by atoms with Crippen LogP contribution in [0.2, 0.25) is 0 Å². The number of nitrogens with one attached hydrogen (secondary N) is 1. The smallest absolute Gasteiger partial charge is 0.473 e. The van der Waals surface area contributed by atoms with E-state index >= 15 is 0 Å². The van der Waals surface area contributed by atoms with E-state index in [1.54, 1.807) is 18.2 Å². The molecule has 4 rings (SSSR count). The normalized spacial score (nSPS) is 17.4. The van der Waals surface area contributed by atoms with Gasteiger partial charge in [0, 0.05) is 6.04 Å². The summed E-state index contributed by atoms with van der Waals surface area (Å²) in [5.41, 5.74) is 2.15. The molecule has 2 heterocycles. The Morgan fingerprint density at radius 1 is 1.11 bits per heavy atom. The number of halogens is 3. The molecular formula is C19H17F3N2O3. The number of benzene rings is 2. The first-order valence-electron chi connectivity index (χ1n) is 8.60. The van der Waals surface area contributed by atoms with Crippen molar-refractivity contribution in [2.24, 2.45) is 0 Å². The average molecular weight is 378 g/mol. The Morgan fingerprint density at radius 2 is 1.89 bits per heavy atom. The molecule has 27 heavy (non-hydrogen) atoms. The fraction of sp³-hybridized carbons (Fsp3) is 0.316. The van der Waals surface area contributed by atoms with Crippen molar-refractivity contribution in [3.05, 3.63) is 42.5 Å². The third-order valence-corrected chi connectivity index (χ3v) is 4.44. The molecule has 3 aromatic rings. The van der Waals surface area contributed by atoms with E-state index < -0.39 is 6.36 Å². The number of hydrogen-bond acceptors (Lipinski definition) is 5. The van der Waals surface area contributed by atoms with E-state index in [1.165, 1.54) is 12.1 Å². The predicted octanol–water partition coefficient (Wildman–Crippen LogP) is 4.52. The van der Waals surface area contributed by atoms with E-state index in [2.05, 4.69) is 15.2 Å². The van der Waals surface area contributed by atoms with Crippen LogP contribution in [0.3, 0.4) is 0 Å². The summed E-state index contributed by atoms with van der Waals surface area (Å²) in [5.74, 6) is 0.156. The zero-order valence-electron chi connectivity index (χ0n) is 14.3. The van der Waals surface area contributed by atoms with Crippen LogP contribution in [0, 0.1) is 0 Å². The molecule has 0 amide bonds. The minimum atomic E-state index is -4.71. The van der Waals surface area contributed by atoms with Gasteiger partial charge in [0.15, 0.2) is 5.58 Å². The molecule has 142 valence electrons. The Hall–Kier alpha value is -2.74. The summed E-state index contributed by atoms with van der Waals surface area (Å²) in [6.45, 7) is 1.50.